The van der Waals surface area contributed by atoms with Gasteiger partial charge in [0.2, 0.25) is 5.88 Å². The van der Waals surface area contributed by atoms with Gasteiger partial charge in [-0.15, -0.1) is 0 Å². The van der Waals surface area contributed by atoms with Gasteiger partial charge in [0.15, 0.2) is 6.23 Å². The van der Waals surface area contributed by atoms with Gasteiger partial charge in [0.1, 0.15) is 29.8 Å². The molecular weight excluding hydrogens is 366 g/mol. The van der Waals surface area contributed by atoms with Crippen molar-refractivity contribution in [2.75, 3.05) is 20.3 Å². The summed E-state index contributed by atoms with van der Waals surface area (Å²) in [5.41, 5.74) is 1.19. The molecule has 10 nitrogen and oxygen atoms in total. The molecule has 1 spiro atoms. The number of rotatable bonds is 4. The second-order valence-electron chi connectivity index (χ2n) is 7.11. The summed E-state index contributed by atoms with van der Waals surface area (Å²) in [4.78, 5) is 8.68. The van der Waals surface area contributed by atoms with Crippen molar-refractivity contribution < 1.29 is 24.4 Å². The number of methoxy groups -OCH3 is 1. The Kier molecular flexibility index (Phi) is 3.91. The molecule has 2 fully saturated rings. The number of hydrogen-bond donors (Lipinski definition) is 2. The van der Waals surface area contributed by atoms with Crippen molar-refractivity contribution in [2.24, 2.45) is 7.05 Å². The summed E-state index contributed by atoms with van der Waals surface area (Å²) in [6.45, 7) is 0.229. The summed E-state index contributed by atoms with van der Waals surface area (Å²) < 4.78 is 20.8. The Bertz CT molecular complexity index is 1030. The van der Waals surface area contributed by atoms with Crippen molar-refractivity contribution in [3.8, 4) is 17.1 Å². The van der Waals surface area contributed by atoms with Gasteiger partial charge in [0.05, 0.1) is 31.4 Å². The van der Waals surface area contributed by atoms with Crippen LogP contribution in [-0.2, 0) is 16.5 Å². The van der Waals surface area contributed by atoms with E-state index in [4.69, 9.17) is 14.2 Å². The number of nitrogens with zero attached hydrogens (tertiary/aromatic N) is 5. The van der Waals surface area contributed by atoms with Crippen LogP contribution in [-0.4, -0.2) is 72.7 Å². The zero-order chi connectivity index (χ0) is 19.5. The number of aryl methyl sites for hydroxylation is 1. The van der Waals surface area contributed by atoms with Crippen LogP contribution in [0.2, 0.25) is 0 Å². The fraction of sp³-hybridized carbons (Fsp3) is 0.500. The minimum absolute atomic E-state index is 0.298. The summed E-state index contributed by atoms with van der Waals surface area (Å²) in [5.74, 6) is 0.422. The van der Waals surface area contributed by atoms with Gasteiger partial charge in [0.25, 0.3) is 0 Å². The standard InChI is InChI=1S/C18H21N5O5/c1-22-5-3-11(21-22)10-7-23(15-13(10)16(26-2)20-9-19-15)17-18(4-6-27-18)14(25)12(8-24)28-17/h3,5,7,9,12,14,17,24-25H,4,6,8H2,1-2H3/t12-,14-,17-,18-/m1/s1. The third-order valence-electron chi connectivity index (χ3n) is 5.63. The lowest BCUT2D eigenvalue weighted by Gasteiger charge is -2.44. The molecule has 0 radical (unpaired) electrons. The minimum atomic E-state index is -0.935. The van der Waals surface area contributed by atoms with Crippen LogP contribution in [0.4, 0.5) is 0 Å². The third-order valence-corrected chi connectivity index (χ3v) is 5.63. The van der Waals surface area contributed by atoms with E-state index in [0.717, 1.165) is 11.3 Å². The summed E-state index contributed by atoms with van der Waals surface area (Å²) >= 11 is 0. The number of hydrogen-bond acceptors (Lipinski definition) is 8. The normalized spacial score (nSPS) is 29.5. The molecule has 28 heavy (non-hydrogen) atoms. The first kappa shape index (κ1) is 17.6. The summed E-state index contributed by atoms with van der Waals surface area (Å²) in [6, 6.07) is 1.89. The summed E-state index contributed by atoms with van der Waals surface area (Å²) in [5, 5.41) is 25.5. The SMILES string of the molecule is COc1ncnc2c1c(-c1ccn(C)n1)cn2[C@@H]1O[C@H](CO)[C@@H](O)[C@]12CCO2. The van der Waals surface area contributed by atoms with E-state index >= 15 is 0 Å². The predicted molar refractivity (Wildman–Crippen MR) is 96.6 cm³/mol. The molecule has 3 aromatic heterocycles. The fourth-order valence-electron chi connectivity index (χ4n) is 4.17. The highest BCUT2D eigenvalue weighted by atomic mass is 16.6. The molecule has 3 aromatic rings. The van der Waals surface area contributed by atoms with Crippen LogP contribution < -0.4 is 4.74 Å². The Morgan fingerprint density at radius 2 is 2.21 bits per heavy atom. The Labute approximate surface area is 160 Å². The van der Waals surface area contributed by atoms with Gasteiger partial charge in [0, 0.05) is 31.4 Å². The van der Waals surface area contributed by atoms with E-state index in [1.807, 2.05) is 30.1 Å². The maximum atomic E-state index is 10.7. The fourth-order valence-corrected chi connectivity index (χ4v) is 4.17. The number of ether oxygens (including phenoxy) is 3. The Morgan fingerprint density at radius 3 is 2.82 bits per heavy atom. The number of aromatic nitrogens is 5. The lowest BCUT2D eigenvalue weighted by molar-refractivity contribution is -0.225. The molecule has 5 heterocycles. The first-order chi connectivity index (χ1) is 13.6. The highest BCUT2D eigenvalue weighted by Gasteiger charge is 2.61. The zero-order valence-corrected chi connectivity index (χ0v) is 15.5. The van der Waals surface area contributed by atoms with E-state index in [1.165, 1.54) is 6.33 Å². The maximum absolute atomic E-state index is 10.7. The van der Waals surface area contributed by atoms with Gasteiger partial charge in [-0.3, -0.25) is 4.68 Å². The Balaban J connectivity index is 1.73. The summed E-state index contributed by atoms with van der Waals surface area (Å²) in [6.07, 6.45) is 3.45. The van der Waals surface area contributed by atoms with Crippen molar-refractivity contribution >= 4 is 11.0 Å². The van der Waals surface area contributed by atoms with Crippen LogP contribution in [0, 0.1) is 0 Å². The van der Waals surface area contributed by atoms with Crippen LogP contribution in [0.5, 0.6) is 5.88 Å². The molecule has 10 heteroatoms. The molecule has 2 saturated heterocycles. The molecule has 0 aromatic carbocycles. The van der Waals surface area contributed by atoms with Gasteiger partial charge >= 0.3 is 0 Å². The van der Waals surface area contributed by atoms with Crippen molar-refractivity contribution in [1.82, 2.24) is 24.3 Å². The highest BCUT2D eigenvalue weighted by Crippen LogP contribution is 2.50. The molecule has 5 rings (SSSR count). The maximum Gasteiger partial charge on any atom is 0.226 e. The number of aliphatic hydroxyl groups is 2. The highest BCUT2D eigenvalue weighted by molar-refractivity contribution is 5.96. The predicted octanol–water partition coefficient (Wildman–Crippen LogP) is 0.250. The van der Waals surface area contributed by atoms with Crippen LogP contribution in [0.15, 0.2) is 24.8 Å². The van der Waals surface area contributed by atoms with Crippen molar-refractivity contribution in [3.05, 3.63) is 24.8 Å². The molecule has 0 saturated carbocycles. The van der Waals surface area contributed by atoms with E-state index < -0.39 is 24.0 Å². The van der Waals surface area contributed by atoms with Crippen molar-refractivity contribution in [3.63, 3.8) is 0 Å². The van der Waals surface area contributed by atoms with E-state index in [0.29, 0.717) is 29.9 Å². The number of fused-ring (bicyclic) bond motifs is 1. The molecule has 2 aliphatic heterocycles. The van der Waals surface area contributed by atoms with Crippen molar-refractivity contribution in [1.29, 1.82) is 0 Å². The molecule has 0 aliphatic carbocycles. The molecule has 0 bridgehead atoms. The molecular formula is C18H21N5O5. The van der Waals surface area contributed by atoms with Crippen molar-refractivity contribution in [2.45, 2.75) is 30.5 Å². The smallest absolute Gasteiger partial charge is 0.226 e. The molecule has 2 aliphatic rings. The Morgan fingerprint density at radius 1 is 1.39 bits per heavy atom. The van der Waals surface area contributed by atoms with E-state index in [1.54, 1.807) is 11.8 Å². The monoisotopic (exact) mass is 387 g/mol. The molecule has 2 N–H and O–H groups in total. The van der Waals surface area contributed by atoms with Crippen LogP contribution in [0.1, 0.15) is 12.6 Å². The average Bonchev–Trinajstić information content (AvgIpc) is 3.34. The van der Waals surface area contributed by atoms with Crippen LogP contribution >= 0.6 is 0 Å². The van der Waals surface area contributed by atoms with Gasteiger partial charge in [-0.25, -0.2) is 9.97 Å². The zero-order valence-electron chi connectivity index (χ0n) is 15.5. The Hall–Kier alpha value is -2.53. The van der Waals surface area contributed by atoms with E-state index in [-0.39, 0.29) is 6.61 Å². The van der Waals surface area contributed by atoms with Gasteiger partial charge in [-0.05, 0) is 6.07 Å². The molecule has 4 atom stereocenters. The van der Waals surface area contributed by atoms with E-state index in [9.17, 15) is 10.2 Å². The van der Waals surface area contributed by atoms with Gasteiger partial charge in [-0.2, -0.15) is 5.10 Å². The van der Waals surface area contributed by atoms with E-state index in [2.05, 4.69) is 15.1 Å². The molecule has 0 amide bonds. The first-order valence-electron chi connectivity index (χ1n) is 9.07. The average molecular weight is 387 g/mol. The largest absolute Gasteiger partial charge is 0.480 e. The topological polar surface area (TPSA) is 117 Å². The van der Waals surface area contributed by atoms with Gasteiger partial charge < -0.3 is 29.0 Å². The van der Waals surface area contributed by atoms with Crippen LogP contribution in [0.25, 0.3) is 22.3 Å². The lowest BCUT2D eigenvalue weighted by Crippen LogP contribution is -2.56. The second-order valence-corrected chi connectivity index (χ2v) is 7.11. The summed E-state index contributed by atoms with van der Waals surface area (Å²) in [7, 11) is 3.39. The molecule has 0 unspecified atom stereocenters. The number of aliphatic hydroxyl groups excluding tert-OH is 2. The second kappa shape index (κ2) is 6.24. The lowest BCUT2D eigenvalue weighted by atomic mass is 9.86. The minimum Gasteiger partial charge on any atom is -0.480 e. The van der Waals surface area contributed by atoms with Gasteiger partial charge in [-0.1, -0.05) is 0 Å². The van der Waals surface area contributed by atoms with Crippen LogP contribution in [0.3, 0.4) is 0 Å². The first-order valence-corrected chi connectivity index (χ1v) is 9.07. The molecule has 148 valence electrons. The third kappa shape index (κ3) is 2.26. The quantitative estimate of drug-likeness (QED) is 0.654.